The number of nitrogens with zero attached hydrogens (tertiary/aromatic N) is 2. The fourth-order valence-electron chi connectivity index (χ4n) is 7.37. The molecule has 4 heterocycles. The molecule has 0 saturated carbocycles. The van der Waals surface area contributed by atoms with Gasteiger partial charge in [-0.1, -0.05) is 55.3 Å². The highest BCUT2D eigenvalue weighted by Gasteiger charge is 2.36. The number of hydrogen-bond acceptors (Lipinski definition) is 4. The van der Waals surface area contributed by atoms with Gasteiger partial charge in [-0.05, 0) is 111 Å². The van der Waals surface area contributed by atoms with Crippen LogP contribution in [0.2, 0.25) is 0 Å². The van der Waals surface area contributed by atoms with E-state index in [2.05, 4.69) is 58.3 Å². The van der Waals surface area contributed by atoms with E-state index in [0.717, 1.165) is 35.3 Å². The van der Waals surface area contributed by atoms with Crippen molar-refractivity contribution in [3.63, 3.8) is 0 Å². The minimum absolute atomic E-state index is 0.621. The summed E-state index contributed by atoms with van der Waals surface area (Å²) in [5, 5.41) is 0. The summed E-state index contributed by atoms with van der Waals surface area (Å²) in [4.78, 5) is 5.43. The Bertz CT molecular complexity index is 1150. The molecule has 0 amide bonds. The molecule has 4 heteroatoms. The van der Waals surface area contributed by atoms with Gasteiger partial charge in [0, 0.05) is 24.7 Å². The van der Waals surface area contributed by atoms with Gasteiger partial charge in [-0.2, -0.15) is 0 Å². The van der Waals surface area contributed by atoms with Gasteiger partial charge in [-0.3, -0.25) is 9.80 Å². The van der Waals surface area contributed by atoms with Crippen molar-refractivity contribution in [2.45, 2.75) is 81.8 Å². The smallest absolute Gasteiger partial charge is 0.127 e. The van der Waals surface area contributed by atoms with Crippen LogP contribution in [0.15, 0.2) is 78.9 Å². The third-order valence-electron chi connectivity index (χ3n) is 9.44. The summed E-state index contributed by atoms with van der Waals surface area (Å²) >= 11 is 0. The summed E-state index contributed by atoms with van der Waals surface area (Å²) in [5.74, 6) is 3.52. The van der Waals surface area contributed by atoms with Crippen LogP contribution < -0.4 is 9.47 Å². The monoisotopic (exact) mass is 524 g/mol. The van der Waals surface area contributed by atoms with Crippen molar-refractivity contribution in [1.82, 2.24) is 9.80 Å². The Labute approximate surface area is 234 Å². The maximum atomic E-state index is 5.89. The van der Waals surface area contributed by atoms with Crippen LogP contribution in [0.25, 0.3) is 0 Å². The molecule has 4 fully saturated rings. The largest absolute Gasteiger partial charge is 0.497 e. The summed E-state index contributed by atoms with van der Waals surface area (Å²) in [7, 11) is 1.73. The molecule has 3 aromatic carbocycles. The zero-order valence-electron chi connectivity index (χ0n) is 23.5. The maximum Gasteiger partial charge on any atom is 0.127 e. The molecule has 4 aliphatic rings. The summed E-state index contributed by atoms with van der Waals surface area (Å²) in [6, 6.07) is 29.7. The average molecular weight is 525 g/mol. The highest BCUT2D eigenvalue weighted by molar-refractivity contribution is 5.34. The van der Waals surface area contributed by atoms with Crippen molar-refractivity contribution in [2.24, 2.45) is 0 Å². The minimum Gasteiger partial charge on any atom is -0.497 e. The molecule has 0 spiro atoms. The van der Waals surface area contributed by atoms with Crippen LogP contribution in [-0.4, -0.2) is 48.6 Å². The Morgan fingerprint density at radius 3 is 2.03 bits per heavy atom. The van der Waals surface area contributed by atoms with E-state index in [1.807, 2.05) is 30.3 Å². The normalized spacial score (nSPS) is 26.7. The number of fused-ring (bicyclic) bond motifs is 2. The van der Waals surface area contributed by atoms with E-state index in [1.54, 1.807) is 7.11 Å². The Morgan fingerprint density at radius 2 is 1.28 bits per heavy atom. The second kappa shape index (κ2) is 12.6. The first-order valence-corrected chi connectivity index (χ1v) is 15.2. The quantitative estimate of drug-likeness (QED) is 0.336. The Kier molecular flexibility index (Phi) is 8.51. The first kappa shape index (κ1) is 26.4. The van der Waals surface area contributed by atoms with E-state index in [-0.39, 0.29) is 0 Å². The molecule has 3 aromatic rings. The number of rotatable bonds is 5. The van der Waals surface area contributed by atoms with Gasteiger partial charge in [0.1, 0.15) is 17.2 Å². The van der Waals surface area contributed by atoms with Crippen molar-refractivity contribution in [2.75, 3.05) is 26.7 Å². The van der Waals surface area contributed by atoms with Gasteiger partial charge in [0.2, 0.25) is 0 Å². The molecule has 206 valence electrons. The number of ether oxygens (including phenoxy) is 2. The van der Waals surface area contributed by atoms with Gasteiger partial charge in [0.15, 0.2) is 0 Å². The fourth-order valence-corrected chi connectivity index (χ4v) is 7.37. The van der Waals surface area contributed by atoms with Crippen LogP contribution >= 0.6 is 0 Å². The summed E-state index contributed by atoms with van der Waals surface area (Å²) in [6.45, 7) is 3.85. The van der Waals surface area contributed by atoms with Crippen LogP contribution in [0.1, 0.15) is 80.9 Å². The van der Waals surface area contributed by atoms with Crippen LogP contribution in [-0.2, 0) is 0 Å². The summed E-state index contributed by atoms with van der Waals surface area (Å²) in [5.41, 5.74) is 2.94. The Morgan fingerprint density at radius 1 is 0.615 bits per heavy atom. The highest BCUT2D eigenvalue weighted by Crippen LogP contribution is 2.41. The lowest BCUT2D eigenvalue weighted by Gasteiger charge is -2.34. The van der Waals surface area contributed by atoms with E-state index >= 15 is 0 Å². The molecule has 4 unspecified atom stereocenters. The molecule has 0 N–H and O–H groups in total. The van der Waals surface area contributed by atoms with Crippen molar-refractivity contribution < 1.29 is 9.47 Å². The molecule has 7 rings (SSSR count). The van der Waals surface area contributed by atoms with E-state index in [0.29, 0.717) is 6.04 Å². The molecule has 0 aliphatic carbocycles. The van der Waals surface area contributed by atoms with E-state index in [9.17, 15) is 0 Å². The van der Waals surface area contributed by atoms with E-state index in [1.165, 1.54) is 88.5 Å². The summed E-state index contributed by atoms with van der Waals surface area (Å²) < 4.78 is 11.1. The predicted molar refractivity (Wildman–Crippen MR) is 159 cm³/mol. The second-order valence-electron chi connectivity index (χ2n) is 11.8. The maximum absolute atomic E-state index is 5.89. The molecule has 4 aliphatic heterocycles. The molecule has 0 bridgehead atoms. The Hall–Kier alpha value is -2.82. The number of hydrogen-bond donors (Lipinski definition) is 0. The molecule has 0 radical (unpaired) electrons. The molecule has 4 nitrogen and oxygen atoms in total. The zero-order valence-corrected chi connectivity index (χ0v) is 23.5. The van der Waals surface area contributed by atoms with Crippen molar-refractivity contribution >= 4 is 0 Å². The van der Waals surface area contributed by atoms with Crippen LogP contribution in [0.3, 0.4) is 0 Å². The van der Waals surface area contributed by atoms with Crippen LogP contribution in [0.4, 0.5) is 0 Å². The fraction of sp³-hybridized carbons (Fsp3) is 0.486. The lowest BCUT2D eigenvalue weighted by Crippen LogP contribution is -2.35. The Balaban J connectivity index is 0.000000147. The topological polar surface area (TPSA) is 24.9 Å². The van der Waals surface area contributed by atoms with Crippen molar-refractivity contribution in [1.29, 1.82) is 0 Å². The van der Waals surface area contributed by atoms with Crippen molar-refractivity contribution in [3.05, 3.63) is 90.0 Å². The first-order chi connectivity index (χ1) is 19.3. The number of methoxy groups -OCH3 is 1. The predicted octanol–water partition coefficient (Wildman–Crippen LogP) is 8.21. The molecule has 39 heavy (non-hydrogen) atoms. The molecule has 0 aromatic heterocycles. The molecule has 4 saturated heterocycles. The zero-order chi connectivity index (χ0) is 26.4. The number of para-hydroxylation sites is 1. The van der Waals surface area contributed by atoms with Gasteiger partial charge >= 0.3 is 0 Å². The SMILES string of the molecule is COc1ccc(C2CC3CCCCN3C2)cc1.c1ccc(Oc2ccc(C3CCC4CCCCN43)cc2)cc1. The lowest BCUT2D eigenvalue weighted by molar-refractivity contribution is 0.150. The van der Waals surface area contributed by atoms with Gasteiger partial charge in [-0.15, -0.1) is 0 Å². The lowest BCUT2D eigenvalue weighted by atomic mass is 9.94. The van der Waals surface area contributed by atoms with Gasteiger partial charge in [0.05, 0.1) is 7.11 Å². The number of benzene rings is 3. The number of piperidine rings is 2. The van der Waals surface area contributed by atoms with Crippen LogP contribution in [0, 0.1) is 0 Å². The highest BCUT2D eigenvalue weighted by atomic mass is 16.5. The molecular formula is C35H44N2O2. The third-order valence-corrected chi connectivity index (χ3v) is 9.44. The standard InChI is InChI=1S/C20H23NO.C15H21NO/c1-2-7-18(8-3-1)22-19-12-9-16(10-13-19)20-14-11-17-6-4-5-15-21(17)20;1-17-15-7-5-12(6-8-15)13-10-14-4-2-3-9-16(14)11-13/h1-3,7-10,12-13,17,20H,4-6,11,14-15H2;5-8,13-14H,2-4,9-11H2,1H3. The first-order valence-electron chi connectivity index (χ1n) is 15.2. The van der Waals surface area contributed by atoms with Gasteiger partial charge < -0.3 is 9.47 Å². The summed E-state index contributed by atoms with van der Waals surface area (Å²) in [6.07, 6.45) is 12.4. The van der Waals surface area contributed by atoms with Gasteiger partial charge in [-0.25, -0.2) is 0 Å². The van der Waals surface area contributed by atoms with E-state index in [4.69, 9.17) is 9.47 Å². The molecular weight excluding hydrogens is 480 g/mol. The second-order valence-corrected chi connectivity index (χ2v) is 11.8. The van der Waals surface area contributed by atoms with Crippen LogP contribution in [0.5, 0.6) is 17.2 Å². The minimum atomic E-state index is 0.621. The third kappa shape index (κ3) is 6.34. The molecule has 4 atom stereocenters. The van der Waals surface area contributed by atoms with E-state index < -0.39 is 0 Å². The van der Waals surface area contributed by atoms with Crippen molar-refractivity contribution in [3.8, 4) is 17.2 Å². The average Bonchev–Trinajstić information content (AvgIpc) is 3.63. The van der Waals surface area contributed by atoms with Gasteiger partial charge in [0.25, 0.3) is 0 Å².